The second-order valence-corrected chi connectivity index (χ2v) is 5.12. The molecule has 0 bridgehead atoms. The Balaban J connectivity index is 1.90. The summed E-state index contributed by atoms with van der Waals surface area (Å²) in [5.41, 5.74) is 6.55. The van der Waals surface area contributed by atoms with E-state index in [1.54, 1.807) is 18.2 Å². The second-order valence-electron chi connectivity index (χ2n) is 4.26. The Morgan fingerprint density at radius 3 is 2.78 bits per heavy atom. The molecule has 1 aromatic rings. The zero-order valence-corrected chi connectivity index (χ0v) is 11.3. The summed E-state index contributed by atoms with van der Waals surface area (Å²) in [6.07, 6.45) is 2.06. The highest BCUT2D eigenvalue weighted by atomic mass is 79.9. The van der Waals surface area contributed by atoms with Gasteiger partial charge < -0.3 is 16.4 Å². The maximum absolute atomic E-state index is 11.8. The van der Waals surface area contributed by atoms with Crippen LogP contribution in [0.4, 0.5) is 5.69 Å². The van der Waals surface area contributed by atoms with E-state index in [-0.39, 0.29) is 18.4 Å². The minimum absolute atomic E-state index is 0.0173. The van der Waals surface area contributed by atoms with Crippen molar-refractivity contribution in [1.29, 1.82) is 0 Å². The Hall–Kier alpha value is -1.56. The molecule has 1 aliphatic rings. The van der Waals surface area contributed by atoms with Crippen LogP contribution in [0.5, 0.6) is 0 Å². The van der Waals surface area contributed by atoms with Crippen molar-refractivity contribution in [3.8, 4) is 0 Å². The molecule has 0 saturated heterocycles. The lowest BCUT2D eigenvalue weighted by molar-refractivity contribution is -0.120. The molecule has 0 heterocycles. The first-order valence-corrected chi connectivity index (χ1v) is 6.48. The molecule has 18 heavy (non-hydrogen) atoms. The van der Waals surface area contributed by atoms with Gasteiger partial charge in [-0.3, -0.25) is 9.59 Å². The van der Waals surface area contributed by atoms with Crippen LogP contribution in [0, 0.1) is 0 Å². The van der Waals surface area contributed by atoms with Gasteiger partial charge in [0.05, 0.1) is 12.1 Å². The largest absolute Gasteiger partial charge is 0.399 e. The molecule has 0 radical (unpaired) electrons. The summed E-state index contributed by atoms with van der Waals surface area (Å²) in [6, 6.07) is 5.27. The average molecular weight is 312 g/mol. The van der Waals surface area contributed by atoms with Crippen molar-refractivity contribution in [2.24, 2.45) is 0 Å². The van der Waals surface area contributed by atoms with E-state index < -0.39 is 0 Å². The third kappa shape index (κ3) is 3.46. The molecular formula is C12H14BrN3O2. The summed E-state index contributed by atoms with van der Waals surface area (Å²) in [7, 11) is 0. The molecule has 4 N–H and O–H groups in total. The smallest absolute Gasteiger partial charge is 0.252 e. The summed E-state index contributed by atoms with van der Waals surface area (Å²) in [4.78, 5) is 23.3. The Morgan fingerprint density at radius 1 is 1.39 bits per heavy atom. The molecule has 0 aliphatic heterocycles. The fourth-order valence-corrected chi connectivity index (χ4v) is 1.91. The topological polar surface area (TPSA) is 84.2 Å². The summed E-state index contributed by atoms with van der Waals surface area (Å²) in [6.45, 7) is -0.0173. The van der Waals surface area contributed by atoms with Crippen molar-refractivity contribution < 1.29 is 9.59 Å². The molecule has 2 amide bonds. The van der Waals surface area contributed by atoms with Crippen LogP contribution in [0.25, 0.3) is 0 Å². The number of halogens is 1. The lowest BCUT2D eigenvalue weighted by atomic mass is 10.2. The molecule has 5 nitrogen and oxygen atoms in total. The second kappa shape index (κ2) is 5.39. The zero-order chi connectivity index (χ0) is 13.1. The molecule has 2 rings (SSSR count). The van der Waals surface area contributed by atoms with Crippen LogP contribution in [0.15, 0.2) is 22.7 Å². The lowest BCUT2D eigenvalue weighted by Gasteiger charge is -2.08. The highest BCUT2D eigenvalue weighted by Crippen LogP contribution is 2.19. The predicted molar refractivity (Wildman–Crippen MR) is 72.1 cm³/mol. The summed E-state index contributed by atoms with van der Waals surface area (Å²) < 4.78 is 0.650. The molecule has 1 fully saturated rings. The summed E-state index contributed by atoms with van der Waals surface area (Å²) in [5, 5.41) is 5.36. The monoisotopic (exact) mass is 311 g/mol. The number of nitrogen functional groups attached to an aromatic ring is 1. The van der Waals surface area contributed by atoms with Crippen molar-refractivity contribution in [2.75, 3.05) is 12.3 Å². The van der Waals surface area contributed by atoms with E-state index >= 15 is 0 Å². The van der Waals surface area contributed by atoms with Crippen LogP contribution >= 0.6 is 15.9 Å². The van der Waals surface area contributed by atoms with E-state index in [9.17, 15) is 9.59 Å². The van der Waals surface area contributed by atoms with E-state index in [2.05, 4.69) is 26.6 Å². The SMILES string of the molecule is Nc1ccc(Br)c(C(=O)NCC(=O)NC2CC2)c1. The van der Waals surface area contributed by atoms with Gasteiger partial charge in [-0.2, -0.15) is 0 Å². The van der Waals surface area contributed by atoms with E-state index in [1.165, 1.54) is 0 Å². The molecule has 0 atom stereocenters. The van der Waals surface area contributed by atoms with E-state index in [1.807, 2.05) is 0 Å². The number of carbonyl (C=O) groups excluding carboxylic acids is 2. The van der Waals surface area contributed by atoms with Crippen LogP contribution in [0.1, 0.15) is 23.2 Å². The first-order valence-electron chi connectivity index (χ1n) is 5.69. The number of hydrogen-bond donors (Lipinski definition) is 3. The molecule has 96 valence electrons. The summed E-state index contributed by atoms with van der Waals surface area (Å²) >= 11 is 3.27. The van der Waals surface area contributed by atoms with Gasteiger partial charge in [0.2, 0.25) is 5.91 Å². The number of rotatable bonds is 4. The number of carbonyl (C=O) groups is 2. The fourth-order valence-electron chi connectivity index (χ4n) is 1.48. The fraction of sp³-hybridized carbons (Fsp3) is 0.333. The van der Waals surface area contributed by atoms with Gasteiger partial charge in [-0.05, 0) is 47.0 Å². The van der Waals surface area contributed by atoms with Crippen molar-refractivity contribution in [1.82, 2.24) is 10.6 Å². The predicted octanol–water partition coefficient (Wildman–Crippen LogP) is 1.04. The first kappa shape index (κ1) is 12.9. The molecule has 1 saturated carbocycles. The quantitative estimate of drug-likeness (QED) is 0.726. The third-order valence-corrected chi connectivity index (χ3v) is 3.28. The van der Waals surface area contributed by atoms with Gasteiger partial charge in [-0.15, -0.1) is 0 Å². The van der Waals surface area contributed by atoms with E-state index in [0.717, 1.165) is 12.8 Å². The third-order valence-electron chi connectivity index (χ3n) is 2.59. The minimum atomic E-state index is -0.319. The number of nitrogens with one attached hydrogen (secondary N) is 2. The standard InChI is InChI=1S/C12H14BrN3O2/c13-10-4-1-7(14)5-9(10)12(18)15-6-11(17)16-8-2-3-8/h1,4-5,8H,2-3,6,14H2,(H,15,18)(H,16,17). The van der Waals surface area contributed by atoms with Crippen LogP contribution < -0.4 is 16.4 Å². The Morgan fingerprint density at radius 2 is 2.11 bits per heavy atom. The van der Waals surface area contributed by atoms with Crippen LogP contribution in [0.3, 0.4) is 0 Å². The van der Waals surface area contributed by atoms with E-state index in [0.29, 0.717) is 21.8 Å². The Bertz CT molecular complexity index is 486. The van der Waals surface area contributed by atoms with Crippen LogP contribution in [0.2, 0.25) is 0 Å². The molecule has 1 aromatic carbocycles. The van der Waals surface area contributed by atoms with Gasteiger partial charge in [-0.25, -0.2) is 0 Å². The molecule has 6 heteroatoms. The molecular weight excluding hydrogens is 298 g/mol. The minimum Gasteiger partial charge on any atom is -0.399 e. The maximum atomic E-state index is 11.8. The molecule has 0 unspecified atom stereocenters. The molecule has 0 aromatic heterocycles. The highest BCUT2D eigenvalue weighted by Gasteiger charge is 2.23. The van der Waals surface area contributed by atoms with Gasteiger partial charge in [0.1, 0.15) is 0 Å². The first-order chi connectivity index (χ1) is 8.56. The normalized spacial score (nSPS) is 14.1. The number of anilines is 1. The van der Waals surface area contributed by atoms with Crippen molar-refractivity contribution >= 4 is 33.4 Å². The molecule has 0 spiro atoms. The van der Waals surface area contributed by atoms with E-state index in [4.69, 9.17) is 5.73 Å². The van der Waals surface area contributed by atoms with Gasteiger partial charge >= 0.3 is 0 Å². The van der Waals surface area contributed by atoms with Crippen molar-refractivity contribution in [3.63, 3.8) is 0 Å². The average Bonchev–Trinajstić information content (AvgIpc) is 3.13. The van der Waals surface area contributed by atoms with Crippen molar-refractivity contribution in [3.05, 3.63) is 28.2 Å². The number of nitrogens with two attached hydrogens (primary N) is 1. The maximum Gasteiger partial charge on any atom is 0.252 e. The highest BCUT2D eigenvalue weighted by molar-refractivity contribution is 9.10. The summed E-state index contributed by atoms with van der Waals surface area (Å²) in [5.74, 6) is -0.481. The van der Waals surface area contributed by atoms with Crippen molar-refractivity contribution in [2.45, 2.75) is 18.9 Å². The number of benzene rings is 1. The molecule has 1 aliphatic carbocycles. The Kier molecular flexibility index (Phi) is 3.86. The van der Waals surface area contributed by atoms with Crippen LogP contribution in [-0.4, -0.2) is 24.4 Å². The number of hydrogen-bond acceptors (Lipinski definition) is 3. The van der Waals surface area contributed by atoms with Gasteiger partial charge in [0.15, 0.2) is 0 Å². The van der Waals surface area contributed by atoms with Gasteiger partial charge in [0.25, 0.3) is 5.91 Å². The number of amides is 2. The van der Waals surface area contributed by atoms with Gasteiger partial charge in [-0.1, -0.05) is 0 Å². The van der Waals surface area contributed by atoms with Gasteiger partial charge in [0, 0.05) is 16.2 Å². The Labute approximate surface area is 113 Å². The lowest BCUT2D eigenvalue weighted by Crippen LogP contribution is -2.37. The van der Waals surface area contributed by atoms with Crippen LogP contribution in [-0.2, 0) is 4.79 Å². The zero-order valence-electron chi connectivity index (χ0n) is 9.70.